The number of aryl methyl sites for hydroxylation is 2. The van der Waals surface area contributed by atoms with Crippen molar-refractivity contribution in [3.8, 4) is 0 Å². The van der Waals surface area contributed by atoms with Crippen LogP contribution in [0, 0.1) is 13.8 Å². The van der Waals surface area contributed by atoms with Crippen LogP contribution in [0.25, 0.3) is 5.78 Å². The summed E-state index contributed by atoms with van der Waals surface area (Å²) in [5.74, 6) is -1.16. The lowest BCUT2D eigenvalue weighted by atomic mass is 10.2. The fourth-order valence-electron chi connectivity index (χ4n) is 2.36. The number of carbonyl (C=O) groups is 2. The largest absolute Gasteiger partial charge is 0.450 e. The van der Waals surface area contributed by atoms with E-state index in [1.54, 1.807) is 18.2 Å². The van der Waals surface area contributed by atoms with Gasteiger partial charge in [-0.2, -0.15) is 4.98 Å². The van der Waals surface area contributed by atoms with Crippen molar-refractivity contribution in [3.63, 3.8) is 0 Å². The van der Waals surface area contributed by atoms with Crippen LogP contribution in [0.5, 0.6) is 0 Å². The Labute approximate surface area is 164 Å². The van der Waals surface area contributed by atoms with Crippen LogP contribution < -0.4 is 5.32 Å². The second-order valence-electron chi connectivity index (χ2n) is 5.77. The van der Waals surface area contributed by atoms with Crippen LogP contribution in [0.2, 0.25) is 10.0 Å². The van der Waals surface area contributed by atoms with Gasteiger partial charge in [-0.15, -0.1) is 5.10 Å². The standard InChI is InChI=1S/C17H15Cl2N5O3/c1-9-5-10(2)24-17(21-9)22-15(23-24)16(26)27-8-14(25)20-7-11-3-4-12(18)6-13(11)19/h3-6H,7-8H2,1-2H3,(H,20,25). The predicted octanol–water partition coefficient (Wildman–Crippen LogP) is 2.52. The third-order valence-electron chi connectivity index (χ3n) is 3.63. The van der Waals surface area contributed by atoms with Crippen molar-refractivity contribution in [2.45, 2.75) is 20.4 Å². The molecule has 0 atom stereocenters. The summed E-state index contributed by atoms with van der Waals surface area (Å²) in [4.78, 5) is 32.2. The summed E-state index contributed by atoms with van der Waals surface area (Å²) >= 11 is 11.9. The molecule has 3 aromatic rings. The maximum Gasteiger partial charge on any atom is 0.378 e. The Hall–Kier alpha value is -2.71. The quantitative estimate of drug-likeness (QED) is 0.652. The highest BCUT2D eigenvalue weighted by Gasteiger charge is 2.17. The summed E-state index contributed by atoms with van der Waals surface area (Å²) in [7, 11) is 0. The molecule has 8 nitrogen and oxygen atoms in total. The maximum absolute atomic E-state index is 12.1. The van der Waals surface area contributed by atoms with Crippen LogP contribution >= 0.6 is 23.2 Å². The van der Waals surface area contributed by atoms with Gasteiger partial charge in [-0.1, -0.05) is 29.3 Å². The molecule has 0 saturated heterocycles. The smallest absolute Gasteiger partial charge is 0.378 e. The molecule has 0 unspecified atom stereocenters. The van der Waals surface area contributed by atoms with Crippen molar-refractivity contribution in [2.75, 3.05) is 6.61 Å². The molecule has 0 spiro atoms. The summed E-state index contributed by atoms with van der Waals surface area (Å²) in [6.45, 7) is 3.35. The van der Waals surface area contributed by atoms with E-state index in [1.807, 2.05) is 19.9 Å². The minimum atomic E-state index is -0.808. The molecule has 0 aliphatic carbocycles. The second kappa shape index (κ2) is 7.89. The van der Waals surface area contributed by atoms with Crippen LogP contribution in [0.1, 0.15) is 27.6 Å². The lowest BCUT2D eigenvalue weighted by molar-refractivity contribution is -0.124. The molecule has 3 rings (SSSR count). The van der Waals surface area contributed by atoms with E-state index in [0.717, 1.165) is 11.4 Å². The highest BCUT2D eigenvalue weighted by Crippen LogP contribution is 2.20. The van der Waals surface area contributed by atoms with Gasteiger partial charge in [0.25, 0.3) is 17.5 Å². The van der Waals surface area contributed by atoms with E-state index < -0.39 is 18.5 Å². The van der Waals surface area contributed by atoms with Gasteiger partial charge in [-0.05, 0) is 37.6 Å². The molecule has 2 heterocycles. The number of fused-ring (bicyclic) bond motifs is 1. The first kappa shape index (κ1) is 19.1. The van der Waals surface area contributed by atoms with Crippen molar-refractivity contribution >= 4 is 40.9 Å². The Kier molecular flexibility index (Phi) is 5.57. The summed E-state index contributed by atoms with van der Waals surface area (Å²) in [5, 5.41) is 7.60. The zero-order valence-corrected chi connectivity index (χ0v) is 16.0. The third kappa shape index (κ3) is 4.53. The van der Waals surface area contributed by atoms with E-state index in [2.05, 4.69) is 20.4 Å². The normalized spacial score (nSPS) is 10.8. The van der Waals surface area contributed by atoms with Gasteiger partial charge in [-0.25, -0.2) is 14.3 Å². The third-order valence-corrected chi connectivity index (χ3v) is 4.21. The average molecular weight is 408 g/mol. The number of ether oxygens (including phenoxy) is 1. The van der Waals surface area contributed by atoms with Crippen molar-refractivity contribution < 1.29 is 14.3 Å². The van der Waals surface area contributed by atoms with Crippen molar-refractivity contribution in [1.29, 1.82) is 0 Å². The van der Waals surface area contributed by atoms with Gasteiger partial charge in [0.1, 0.15) is 0 Å². The molecule has 0 aliphatic rings. The van der Waals surface area contributed by atoms with E-state index in [1.165, 1.54) is 4.52 Å². The van der Waals surface area contributed by atoms with Gasteiger partial charge < -0.3 is 10.1 Å². The van der Waals surface area contributed by atoms with E-state index in [9.17, 15) is 9.59 Å². The molecule has 0 bridgehead atoms. The number of amides is 1. The Morgan fingerprint density at radius 3 is 2.70 bits per heavy atom. The van der Waals surface area contributed by atoms with Crippen molar-refractivity contribution in [2.24, 2.45) is 0 Å². The number of benzene rings is 1. The van der Waals surface area contributed by atoms with Gasteiger partial charge in [0.2, 0.25) is 0 Å². The number of aromatic nitrogens is 4. The molecular formula is C17H15Cl2N5O3. The molecule has 1 amide bonds. The van der Waals surface area contributed by atoms with Gasteiger partial charge >= 0.3 is 5.97 Å². The van der Waals surface area contributed by atoms with E-state index in [0.29, 0.717) is 21.4 Å². The summed E-state index contributed by atoms with van der Waals surface area (Å²) in [5.41, 5.74) is 2.23. The Morgan fingerprint density at radius 1 is 1.19 bits per heavy atom. The number of nitrogens with one attached hydrogen (secondary N) is 1. The summed E-state index contributed by atoms with van der Waals surface area (Å²) < 4.78 is 6.39. The minimum absolute atomic E-state index is 0.162. The first-order valence-electron chi connectivity index (χ1n) is 7.92. The molecule has 27 heavy (non-hydrogen) atoms. The van der Waals surface area contributed by atoms with Gasteiger partial charge in [0.15, 0.2) is 6.61 Å². The fourth-order valence-corrected chi connectivity index (χ4v) is 2.83. The highest BCUT2D eigenvalue weighted by molar-refractivity contribution is 6.35. The summed E-state index contributed by atoms with van der Waals surface area (Å²) in [6, 6.07) is 6.76. The molecule has 1 N–H and O–H groups in total. The lowest BCUT2D eigenvalue weighted by Crippen LogP contribution is -2.28. The number of esters is 1. The molecule has 140 valence electrons. The Balaban J connectivity index is 1.57. The zero-order chi connectivity index (χ0) is 19.6. The van der Waals surface area contributed by atoms with Crippen LogP contribution in [-0.2, 0) is 16.1 Å². The van der Waals surface area contributed by atoms with Gasteiger partial charge in [-0.3, -0.25) is 4.79 Å². The topological polar surface area (TPSA) is 98.5 Å². The molecule has 10 heteroatoms. The molecule has 0 aliphatic heterocycles. The van der Waals surface area contributed by atoms with Crippen molar-refractivity contribution in [1.82, 2.24) is 24.9 Å². The number of hydrogen-bond donors (Lipinski definition) is 1. The fraction of sp³-hybridized carbons (Fsp3) is 0.235. The molecule has 0 fully saturated rings. The molecule has 1 aromatic carbocycles. The predicted molar refractivity (Wildman–Crippen MR) is 98.8 cm³/mol. The first-order valence-corrected chi connectivity index (χ1v) is 8.68. The Bertz CT molecular complexity index is 1030. The van der Waals surface area contributed by atoms with E-state index in [4.69, 9.17) is 27.9 Å². The monoisotopic (exact) mass is 407 g/mol. The number of hydrogen-bond acceptors (Lipinski definition) is 6. The van der Waals surface area contributed by atoms with Crippen LogP contribution in [0.15, 0.2) is 24.3 Å². The first-order chi connectivity index (χ1) is 12.8. The van der Waals surface area contributed by atoms with Gasteiger partial charge in [0.05, 0.1) is 0 Å². The SMILES string of the molecule is Cc1cc(C)n2nc(C(=O)OCC(=O)NCc3ccc(Cl)cc3Cl)nc2n1. The summed E-state index contributed by atoms with van der Waals surface area (Å²) in [6.07, 6.45) is 0. The maximum atomic E-state index is 12.1. The van der Waals surface area contributed by atoms with Crippen LogP contribution in [0.3, 0.4) is 0 Å². The number of rotatable bonds is 5. The van der Waals surface area contributed by atoms with E-state index in [-0.39, 0.29) is 12.4 Å². The molecular weight excluding hydrogens is 393 g/mol. The minimum Gasteiger partial charge on any atom is -0.450 e. The highest BCUT2D eigenvalue weighted by atomic mass is 35.5. The number of nitrogens with zero attached hydrogens (tertiary/aromatic N) is 4. The number of halogens is 2. The Morgan fingerprint density at radius 2 is 1.96 bits per heavy atom. The molecule has 0 saturated carbocycles. The number of carbonyl (C=O) groups excluding carboxylic acids is 2. The molecule has 2 aromatic heterocycles. The van der Waals surface area contributed by atoms with Crippen LogP contribution in [-0.4, -0.2) is 38.1 Å². The lowest BCUT2D eigenvalue weighted by Gasteiger charge is -2.07. The van der Waals surface area contributed by atoms with Crippen LogP contribution in [0.4, 0.5) is 0 Å². The second-order valence-corrected chi connectivity index (χ2v) is 6.62. The van der Waals surface area contributed by atoms with Gasteiger partial charge in [0, 0.05) is 28.0 Å². The molecule has 0 radical (unpaired) electrons. The zero-order valence-electron chi connectivity index (χ0n) is 14.5. The average Bonchev–Trinajstić information content (AvgIpc) is 3.03. The van der Waals surface area contributed by atoms with Crippen molar-refractivity contribution in [3.05, 3.63) is 57.1 Å². The van der Waals surface area contributed by atoms with E-state index >= 15 is 0 Å².